The quantitative estimate of drug-likeness (QED) is 0.432. The fourth-order valence-electron chi connectivity index (χ4n) is 0.142. The van der Waals surface area contributed by atoms with E-state index in [4.69, 9.17) is 10.2 Å². The van der Waals surface area contributed by atoms with Gasteiger partial charge in [-0.15, -0.1) is 0 Å². The first-order valence-corrected chi connectivity index (χ1v) is 2.65. The van der Waals surface area contributed by atoms with E-state index in [1.165, 1.54) is 0 Å². The maximum Gasteiger partial charge on any atom is 0.152 e. The van der Waals surface area contributed by atoms with Crippen LogP contribution in [-0.2, 0) is 4.52 Å². The van der Waals surface area contributed by atoms with Crippen molar-refractivity contribution in [2.24, 2.45) is 0 Å². The van der Waals surface area contributed by atoms with Gasteiger partial charge in [0.25, 0.3) is 0 Å². The summed E-state index contributed by atoms with van der Waals surface area (Å²) in [4.78, 5) is 7.99. The summed E-state index contributed by atoms with van der Waals surface area (Å²) in [6.07, 6.45) is 0.355. The standard InChI is InChI=1S/C3H6NO2P/c4-2-1-3-6-7-5/h5,7H,1,3H2. The number of nitrogens with zero attached hydrogens (tertiary/aromatic N) is 1. The molecule has 0 spiro atoms. The first-order valence-electron chi connectivity index (χ1n) is 1.79. The highest BCUT2D eigenvalue weighted by Gasteiger charge is 1.79. The molecular weight excluding hydrogens is 113 g/mol. The third kappa shape index (κ3) is 5.84. The molecule has 0 bridgehead atoms. The van der Waals surface area contributed by atoms with E-state index >= 15 is 0 Å². The zero-order chi connectivity index (χ0) is 5.54. The molecule has 4 heteroatoms. The van der Waals surface area contributed by atoms with Gasteiger partial charge >= 0.3 is 0 Å². The van der Waals surface area contributed by atoms with Gasteiger partial charge in [0.1, 0.15) is 0 Å². The molecule has 0 aliphatic heterocycles. The summed E-state index contributed by atoms with van der Waals surface area (Å²) in [5.41, 5.74) is 0. The van der Waals surface area contributed by atoms with Crippen molar-refractivity contribution in [3.05, 3.63) is 0 Å². The van der Waals surface area contributed by atoms with Crippen molar-refractivity contribution in [3.8, 4) is 6.07 Å². The van der Waals surface area contributed by atoms with Gasteiger partial charge in [-0.05, 0) is 0 Å². The van der Waals surface area contributed by atoms with Crippen molar-refractivity contribution in [1.29, 1.82) is 5.26 Å². The predicted octanol–water partition coefficient (Wildman–Crippen LogP) is 0.417. The number of rotatable bonds is 3. The van der Waals surface area contributed by atoms with Crippen molar-refractivity contribution >= 4 is 9.03 Å². The summed E-state index contributed by atoms with van der Waals surface area (Å²) in [7, 11) is -0.483. The molecule has 0 heterocycles. The highest BCUT2D eigenvalue weighted by Crippen LogP contribution is 2.01. The van der Waals surface area contributed by atoms with Crippen LogP contribution < -0.4 is 0 Å². The second-order valence-corrected chi connectivity index (χ2v) is 1.32. The minimum absolute atomic E-state index is 0.339. The second-order valence-electron chi connectivity index (χ2n) is 0.848. The van der Waals surface area contributed by atoms with Crippen molar-refractivity contribution in [2.45, 2.75) is 6.42 Å². The Kier molecular flexibility index (Phi) is 5.71. The van der Waals surface area contributed by atoms with E-state index in [1.807, 2.05) is 6.07 Å². The first kappa shape index (κ1) is 6.84. The third-order valence-electron chi connectivity index (χ3n) is 0.380. The molecule has 0 radical (unpaired) electrons. The summed E-state index contributed by atoms with van der Waals surface area (Å²) in [6.45, 7) is 0.339. The molecule has 0 saturated heterocycles. The second kappa shape index (κ2) is 5.84. The highest BCUT2D eigenvalue weighted by atomic mass is 31.1. The average molecular weight is 119 g/mol. The predicted molar refractivity (Wildman–Crippen MR) is 26.7 cm³/mol. The lowest BCUT2D eigenvalue weighted by atomic mass is 10.5. The number of nitriles is 1. The lowest BCUT2D eigenvalue weighted by Crippen LogP contribution is -1.79. The largest absolute Gasteiger partial charge is 0.352 e. The van der Waals surface area contributed by atoms with Crippen LogP contribution in [-0.4, -0.2) is 11.5 Å². The van der Waals surface area contributed by atoms with Gasteiger partial charge in [-0.2, -0.15) is 5.26 Å². The molecule has 1 atom stereocenters. The topological polar surface area (TPSA) is 53.2 Å². The molecule has 1 unspecified atom stereocenters. The van der Waals surface area contributed by atoms with Crippen LogP contribution in [0, 0.1) is 11.3 Å². The molecule has 7 heavy (non-hydrogen) atoms. The monoisotopic (exact) mass is 119 g/mol. The lowest BCUT2D eigenvalue weighted by molar-refractivity contribution is 0.335. The zero-order valence-corrected chi connectivity index (χ0v) is 4.72. The molecule has 3 nitrogen and oxygen atoms in total. The summed E-state index contributed by atoms with van der Waals surface area (Å²) in [5, 5.41) is 7.88. The van der Waals surface area contributed by atoms with Crippen LogP contribution in [0.5, 0.6) is 0 Å². The van der Waals surface area contributed by atoms with Gasteiger partial charge in [0.05, 0.1) is 19.1 Å². The summed E-state index contributed by atoms with van der Waals surface area (Å²) >= 11 is 0. The van der Waals surface area contributed by atoms with E-state index < -0.39 is 9.03 Å². The van der Waals surface area contributed by atoms with Crippen LogP contribution >= 0.6 is 9.03 Å². The van der Waals surface area contributed by atoms with Gasteiger partial charge in [0.2, 0.25) is 0 Å². The molecule has 1 N–H and O–H groups in total. The molecule has 0 aliphatic carbocycles. The maximum atomic E-state index is 7.99. The van der Waals surface area contributed by atoms with Gasteiger partial charge < -0.3 is 9.42 Å². The molecule has 0 fully saturated rings. The maximum absolute atomic E-state index is 7.99. The Labute approximate surface area is 43.9 Å². The molecule has 0 amide bonds. The van der Waals surface area contributed by atoms with Gasteiger partial charge in [-0.1, -0.05) is 0 Å². The SMILES string of the molecule is N#CCCOPO. The van der Waals surface area contributed by atoms with Crippen molar-refractivity contribution in [1.82, 2.24) is 0 Å². The molecule has 0 aromatic heterocycles. The van der Waals surface area contributed by atoms with Crippen LogP contribution in [0.25, 0.3) is 0 Å². The summed E-state index contributed by atoms with van der Waals surface area (Å²) in [5.74, 6) is 0. The van der Waals surface area contributed by atoms with Crippen LogP contribution in [0.4, 0.5) is 0 Å². The molecule has 0 aliphatic rings. The number of hydrogen-bond donors (Lipinski definition) is 1. The molecule has 0 aromatic carbocycles. The Morgan fingerprint density at radius 2 is 2.57 bits per heavy atom. The molecule has 0 rings (SSSR count). The van der Waals surface area contributed by atoms with E-state index in [-0.39, 0.29) is 0 Å². The van der Waals surface area contributed by atoms with Crippen LogP contribution in [0.15, 0.2) is 0 Å². The zero-order valence-electron chi connectivity index (χ0n) is 3.72. The fraction of sp³-hybridized carbons (Fsp3) is 0.667. The normalized spacial score (nSPS) is 9.71. The fourth-order valence-corrected chi connectivity index (χ4v) is 0.336. The summed E-state index contributed by atoms with van der Waals surface area (Å²) < 4.78 is 4.43. The highest BCUT2D eigenvalue weighted by molar-refractivity contribution is 7.24. The van der Waals surface area contributed by atoms with Crippen LogP contribution in [0.1, 0.15) is 6.42 Å². The Bertz CT molecular complexity index is 69.8. The Hall–Kier alpha value is -0.160. The van der Waals surface area contributed by atoms with Gasteiger partial charge in [0, 0.05) is 0 Å². The van der Waals surface area contributed by atoms with Crippen molar-refractivity contribution in [2.75, 3.05) is 6.61 Å². The van der Waals surface area contributed by atoms with Crippen LogP contribution in [0.3, 0.4) is 0 Å². The lowest BCUT2D eigenvalue weighted by Gasteiger charge is -1.88. The van der Waals surface area contributed by atoms with Crippen LogP contribution in [0.2, 0.25) is 0 Å². The Morgan fingerprint density at radius 3 is 3.00 bits per heavy atom. The smallest absolute Gasteiger partial charge is 0.152 e. The third-order valence-corrected chi connectivity index (χ3v) is 0.714. The average Bonchev–Trinajstić information content (AvgIpc) is 1.69. The van der Waals surface area contributed by atoms with Gasteiger partial charge in [-0.25, -0.2) is 0 Å². The molecule has 0 aromatic rings. The molecule has 40 valence electrons. The van der Waals surface area contributed by atoms with E-state index in [0.717, 1.165) is 0 Å². The Morgan fingerprint density at radius 1 is 1.86 bits per heavy atom. The van der Waals surface area contributed by atoms with Crippen molar-refractivity contribution in [3.63, 3.8) is 0 Å². The van der Waals surface area contributed by atoms with Crippen molar-refractivity contribution < 1.29 is 9.42 Å². The summed E-state index contributed by atoms with van der Waals surface area (Å²) in [6, 6.07) is 1.87. The minimum Gasteiger partial charge on any atom is -0.352 e. The molecular formula is C3H6NO2P. The molecule has 0 saturated carbocycles. The minimum atomic E-state index is -0.483. The van der Waals surface area contributed by atoms with E-state index in [0.29, 0.717) is 13.0 Å². The van der Waals surface area contributed by atoms with E-state index in [9.17, 15) is 0 Å². The van der Waals surface area contributed by atoms with Gasteiger partial charge in [0.15, 0.2) is 9.03 Å². The first-order chi connectivity index (χ1) is 3.41. The number of hydrogen-bond acceptors (Lipinski definition) is 3. The van der Waals surface area contributed by atoms with E-state index in [1.54, 1.807) is 0 Å². The Balaban J connectivity index is 2.60. The van der Waals surface area contributed by atoms with Gasteiger partial charge in [-0.3, -0.25) is 0 Å². The van der Waals surface area contributed by atoms with E-state index in [2.05, 4.69) is 4.52 Å².